The highest BCUT2D eigenvalue weighted by molar-refractivity contribution is 5.95. The third kappa shape index (κ3) is 3.53. The summed E-state index contributed by atoms with van der Waals surface area (Å²) in [6.07, 6.45) is 2.32. The van der Waals surface area contributed by atoms with Crippen molar-refractivity contribution in [2.75, 3.05) is 18.4 Å². The first kappa shape index (κ1) is 14.9. The summed E-state index contributed by atoms with van der Waals surface area (Å²) in [7, 11) is 0. The molecular formula is C17H26N2O. The Labute approximate surface area is 122 Å². The summed E-state index contributed by atoms with van der Waals surface area (Å²) >= 11 is 0. The van der Waals surface area contributed by atoms with Crippen molar-refractivity contribution >= 4 is 11.6 Å². The molecule has 1 amide bonds. The fourth-order valence-corrected chi connectivity index (χ4v) is 2.53. The maximum Gasteiger partial charge on any atom is 0.254 e. The molecular weight excluding hydrogens is 248 g/mol. The standard InChI is InChI=1S/C17H26N2O/c1-5-18-16-9-6-14(10-13(16)4)17(20)19(11-12(2)3)15-7-8-15/h6,9-10,12,15,18H,5,7-8,11H2,1-4H3. The molecule has 1 aromatic rings. The molecule has 0 spiro atoms. The van der Waals surface area contributed by atoms with Crippen molar-refractivity contribution in [2.45, 2.75) is 46.6 Å². The van der Waals surface area contributed by atoms with Crippen molar-refractivity contribution in [1.29, 1.82) is 0 Å². The van der Waals surface area contributed by atoms with Gasteiger partial charge in [0.25, 0.3) is 5.91 Å². The Morgan fingerprint density at radius 1 is 1.40 bits per heavy atom. The molecule has 0 atom stereocenters. The van der Waals surface area contributed by atoms with Crippen molar-refractivity contribution in [3.05, 3.63) is 29.3 Å². The molecule has 110 valence electrons. The normalized spacial score (nSPS) is 14.4. The van der Waals surface area contributed by atoms with E-state index >= 15 is 0 Å². The number of benzene rings is 1. The summed E-state index contributed by atoms with van der Waals surface area (Å²) in [6, 6.07) is 6.45. The highest BCUT2D eigenvalue weighted by Crippen LogP contribution is 2.29. The van der Waals surface area contributed by atoms with Crippen LogP contribution in [-0.2, 0) is 0 Å². The second kappa shape index (κ2) is 6.29. The molecule has 20 heavy (non-hydrogen) atoms. The number of anilines is 1. The highest BCUT2D eigenvalue weighted by Gasteiger charge is 2.33. The van der Waals surface area contributed by atoms with Crippen LogP contribution < -0.4 is 5.32 Å². The average Bonchev–Trinajstić information content (AvgIpc) is 3.22. The van der Waals surface area contributed by atoms with Gasteiger partial charge in [-0.3, -0.25) is 4.79 Å². The second-order valence-electron chi connectivity index (χ2n) is 6.14. The van der Waals surface area contributed by atoms with Crippen LogP contribution in [0, 0.1) is 12.8 Å². The van der Waals surface area contributed by atoms with Crippen LogP contribution in [0.4, 0.5) is 5.69 Å². The minimum absolute atomic E-state index is 0.187. The molecule has 0 aromatic heterocycles. The van der Waals surface area contributed by atoms with E-state index in [-0.39, 0.29) is 5.91 Å². The fourth-order valence-electron chi connectivity index (χ4n) is 2.53. The van der Waals surface area contributed by atoms with Crippen LogP contribution in [-0.4, -0.2) is 29.9 Å². The minimum atomic E-state index is 0.187. The maximum absolute atomic E-state index is 12.7. The predicted molar refractivity (Wildman–Crippen MR) is 84.2 cm³/mol. The Morgan fingerprint density at radius 3 is 2.60 bits per heavy atom. The van der Waals surface area contributed by atoms with Crippen LogP contribution in [0.1, 0.15) is 49.5 Å². The molecule has 0 aliphatic heterocycles. The Balaban J connectivity index is 2.16. The fraction of sp³-hybridized carbons (Fsp3) is 0.588. The first-order valence-corrected chi connectivity index (χ1v) is 7.68. The molecule has 1 fully saturated rings. The van der Waals surface area contributed by atoms with Crippen LogP contribution in [0.5, 0.6) is 0 Å². The van der Waals surface area contributed by atoms with Crippen molar-refractivity contribution in [2.24, 2.45) is 5.92 Å². The van der Waals surface area contributed by atoms with Gasteiger partial charge in [-0.15, -0.1) is 0 Å². The van der Waals surface area contributed by atoms with Gasteiger partial charge < -0.3 is 10.2 Å². The topological polar surface area (TPSA) is 32.3 Å². The molecule has 0 bridgehead atoms. The Bertz CT molecular complexity index is 478. The summed E-state index contributed by atoms with van der Waals surface area (Å²) in [5.41, 5.74) is 3.07. The highest BCUT2D eigenvalue weighted by atomic mass is 16.2. The zero-order chi connectivity index (χ0) is 14.7. The summed E-state index contributed by atoms with van der Waals surface area (Å²) in [4.78, 5) is 14.8. The number of rotatable bonds is 6. The van der Waals surface area contributed by atoms with Gasteiger partial charge in [0.05, 0.1) is 0 Å². The van der Waals surface area contributed by atoms with Crippen LogP contribution >= 0.6 is 0 Å². The number of hydrogen-bond acceptors (Lipinski definition) is 2. The van der Waals surface area contributed by atoms with Gasteiger partial charge in [-0.05, 0) is 56.4 Å². The van der Waals surface area contributed by atoms with Gasteiger partial charge in [-0.25, -0.2) is 0 Å². The van der Waals surface area contributed by atoms with Crippen LogP contribution in [0.3, 0.4) is 0 Å². The zero-order valence-electron chi connectivity index (χ0n) is 13.1. The predicted octanol–water partition coefficient (Wildman–Crippen LogP) is 3.69. The molecule has 1 saturated carbocycles. The Morgan fingerprint density at radius 2 is 2.10 bits per heavy atom. The maximum atomic E-state index is 12.7. The van der Waals surface area contributed by atoms with Gasteiger partial charge in [-0.2, -0.15) is 0 Å². The molecule has 3 heteroatoms. The number of carbonyl (C=O) groups is 1. The summed E-state index contributed by atoms with van der Waals surface area (Å²) in [5, 5.41) is 3.31. The summed E-state index contributed by atoms with van der Waals surface area (Å²) < 4.78 is 0. The van der Waals surface area contributed by atoms with Gasteiger partial charge in [0.15, 0.2) is 0 Å². The first-order chi connectivity index (χ1) is 9.52. The van der Waals surface area contributed by atoms with E-state index < -0.39 is 0 Å². The quantitative estimate of drug-likeness (QED) is 0.858. The van der Waals surface area contributed by atoms with Crippen molar-refractivity contribution in [3.63, 3.8) is 0 Å². The number of aryl methyl sites for hydroxylation is 1. The van der Waals surface area contributed by atoms with E-state index in [2.05, 4.69) is 37.9 Å². The van der Waals surface area contributed by atoms with Crippen LogP contribution in [0.15, 0.2) is 18.2 Å². The van der Waals surface area contributed by atoms with E-state index in [1.807, 2.05) is 18.2 Å². The second-order valence-corrected chi connectivity index (χ2v) is 6.14. The molecule has 0 unspecified atom stereocenters. The summed E-state index contributed by atoms with van der Waals surface area (Å²) in [5.74, 6) is 0.703. The van der Waals surface area contributed by atoms with E-state index in [4.69, 9.17) is 0 Å². The molecule has 1 N–H and O–H groups in total. The zero-order valence-corrected chi connectivity index (χ0v) is 13.1. The Hall–Kier alpha value is -1.51. The molecule has 3 nitrogen and oxygen atoms in total. The minimum Gasteiger partial charge on any atom is -0.385 e. The number of nitrogens with one attached hydrogen (secondary N) is 1. The van der Waals surface area contributed by atoms with Crippen molar-refractivity contribution in [3.8, 4) is 0 Å². The molecule has 1 aliphatic rings. The van der Waals surface area contributed by atoms with Crippen LogP contribution in [0.2, 0.25) is 0 Å². The molecule has 0 heterocycles. The smallest absolute Gasteiger partial charge is 0.254 e. The van der Waals surface area contributed by atoms with Gasteiger partial charge in [0.2, 0.25) is 0 Å². The van der Waals surface area contributed by atoms with E-state index in [9.17, 15) is 4.79 Å². The van der Waals surface area contributed by atoms with Gasteiger partial charge in [0, 0.05) is 30.4 Å². The molecule has 0 radical (unpaired) electrons. The number of nitrogens with zero attached hydrogens (tertiary/aromatic N) is 1. The van der Waals surface area contributed by atoms with E-state index in [0.717, 1.165) is 42.7 Å². The number of amides is 1. The van der Waals surface area contributed by atoms with E-state index in [0.29, 0.717) is 12.0 Å². The van der Waals surface area contributed by atoms with E-state index in [1.165, 1.54) is 0 Å². The monoisotopic (exact) mass is 274 g/mol. The number of carbonyl (C=O) groups excluding carboxylic acids is 1. The van der Waals surface area contributed by atoms with Crippen molar-refractivity contribution in [1.82, 2.24) is 4.90 Å². The van der Waals surface area contributed by atoms with Gasteiger partial charge >= 0.3 is 0 Å². The lowest BCUT2D eigenvalue weighted by Crippen LogP contribution is -2.36. The van der Waals surface area contributed by atoms with Gasteiger partial charge in [-0.1, -0.05) is 13.8 Å². The largest absolute Gasteiger partial charge is 0.385 e. The van der Waals surface area contributed by atoms with Gasteiger partial charge in [0.1, 0.15) is 0 Å². The first-order valence-electron chi connectivity index (χ1n) is 7.68. The lowest BCUT2D eigenvalue weighted by molar-refractivity contribution is 0.0722. The average molecular weight is 274 g/mol. The SMILES string of the molecule is CCNc1ccc(C(=O)N(CC(C)C)C2CC2)cc1C. The third-order valence-corrected chi connectivity index (χ3v) is 3.65. The van der Waals surface area contributed by atoms with E-state index in [1.54, 1.807) is 0 Å². The molecule has 2 rings (SSSR count). The lowest BCUT2D eigenvalue weighted by atomic mass is 10.1. The molecule has 0 saturated heterocycles. The lowest BCUT2D eigenvalue weighted by Gasteiger charge is -2.25. The third-order valence-electron chi connectivity index (χ3n) is 3.65. The summed E-state index contributed by atoms with van der Waals surface area (Å²) in [6.45, 7) is 10.2. The molecule has 1 aromatic carbocycles. The Kier molecular flexibility index (Phi) is 4.69. The number of hydrogen-bond donors (Lipinski definition) is 1. The molecule has 1 aliphatic carbocycles. The van der Waals surface area contributed by atoms with Crippen LogP contribution in [0.25, 0.3) is 0 Å². The van der Waals surface area contributed by atoms with Crippen molar-refractivity contribution < 1.29 is 4.79 Å².